The molecule has 0 saturated heterocycles. The Hall–Kier alpha value is -1.03. The molecule has 2 N–H and O–H groups in total. The van der Waals surface area contributed by atoms with Crippen molar-refractivity contribution in [3.05, 3.63) is 29.8 Å². The lowest BCUT2D eigenvalue weighted by Crippen LogP contribution is -2.49. The summed E-state index contributed by atoms with van der Waals surface area (Å²) in [4.78, 5) is 12.1. The SMILES string of the molecule is CCC(CC)(CBr)NC(=O)c1ccccc1O. The maximum atomic E-state index is 12.1. The average Bonchev–Trinajstić information content (AvgIpc) is 2.36. The first-order chi connectivity index (χ1) is 8.08. The number of halogens is 1. The fourth-order valence-corrected chi connectivity index (χ4v) is 2.56. The monoisotopic (exact) mass is 299 g/mol. The lowest BCUT2D eigenvalue weighted by atomic mass is 9.95. The molecular weight excluding hydrogens is 282 g/mol. The number of amides is 1. The van der Waals surface area contributed by atoms with E-state index in [2.05, 4.69) is 21.2 Å². The van der Waals surface area contributed by atoms with Crippen LogP contribution in [0.3, 0.4) is 0 Å². The Kier molecular flexibility index (Phi) is 5.00. The summed E-state index contributed by atoms with van der Waals surface area (Å²) in [5.74, 6) is -0.216. The van der Waals surface area contributed by atoms with Gasteiger partial charge in [0.25, 0.3) is 5.91 Å². The number of carbonyl (C=O) groups excluding carboxylic acids is 1. The fourth-order valence-electron chi connectivity index (χ4n) is 1.62. The molecule has 17 heavy (non-hydrogen) atoms. The minimum atomic E-state index is -0.251. The Morgan fingerprint density at radius 3 is 2.41 bits per heavy atom. The minimum Gasteiger partial charge on any atom is -0.507 e. The molecule has 0 spiro atoms. The first kappa shape index (κ1) is 14.0. The van der Waals surface area contributed by atoms with E-state index >= 15 is 0 Å². The molecular formula is C13H18BrNO2. The first-order valence-corrected chi connectivity index (χ1v) is 6.87. The maximum absolute atomic E-state index is 12.1. The number of nitrogens with one attached hydrogen (secondary N) is 1. The molecule has 3 nitrogen and oxygen atoms in total. The number of benzene rings is 1. The number of aromatic hydroxyl groups is 1. The van der Waals surface area contributed by atoms with Crippen LogP contribution in [0.2, 0.25) is 0 Å². The van der Waals surface area contributed by atoms with E-state index in [4.69, 9.17) is 0 Å². The van der Waals surface area contributed by atoms with Gasteiger partial charge in [-0.3, -0.25) is 4.79 Å². The van der Waals surface area contributed by atoms with Crippen LogP contribution in [0.1, 0.15) is 37.0 Å². The predicted molar refractivity (Wildman–Crippen MR) is 72.7 cm³/mol. The van der Waals surface area contributed by atoms with Crippen molar-refractivity contribution in [3.63, 3.8) is 0 Å². The molecule has 0 aliphatic heterocycles. The van der Waals surface area contributed by atoms with Crippen molar-refractivity contribution in [1.29, 1.82) is 0 Å². The summed E-state index contributed by atoms with van der Waals surface area (Å²) in [6.45, 7) is 4.08. The van der Waals surface area contributed by atoms with Gasteiger partial charge in [0, 0.05) is 10.9 Å². The van der Waals surface area contributed by atoms with Crippen molar-refractivity contribution >= 4 is 21.8 Å². The molecule has 0 saturated carbocycles. The molecule has 94 valence electrons. The van der Waals surface area contributed by atoms with Crippen molar-refractivity contribution in [3.8, 4) is 5.75 Å². The number of hydrogen-bond donors (Lipinski definition) is 2. The fraction of sp³-hybridized carbons (Fsp3) is 0.462. The molecule has 0 aliphatic carbocycles. The molecule has 0 fully saturated rings. The third-order valence-electron chi connectivity index (χ3n) is 3.14. The molecule has 0 aliphatic rings. The van der Waals surface area contributed by atoms with Crippen molar-refractivity contribution in [2.75, 3.05) is 5.33 Å². The molecule has 0 radical (unpaired) electrons. The van der Waals surface area contributed by atoms with Crippen LogP contribution in [0.15, 0.2) is 24.3 Å². The maximum Gasteiger partial charge on any atom is 0.255 e. The quantitative estimate of drug-likeness (QED) is 0.821. The molecule has 0 atom stereocenters. The van der Waals surface area contributed by atoms with Crippen molar-refractivity contribution < 1.29 is 9.90 Å². The number of para-hydroxylation sites is 1. The van der Waals surface area contributed by atoms with E-state index in [1.807, 2.05) is 13.8 Å². The number of hydrogen-bond acceptors (Lipinski definition) is 2. The summed E-state index contributed by atoms with van der Waals surface area (Å²) in [7, 11) is 0. The second-order valence-electron chi connectivity index (χ2n) is 4.09. The van der Waals surface area contributed by atoms with Gasteiger partial charge in [0.1, 0.15) is 5.75 Å². The van der Waals surface area contributed by atoms with Crippen LogP contribution < -0.4 is 5.32 Å². The summed E-state index contributed by atoms with van der Waals surface area (Å²) in [5.41, 5.74) is 0.0686. The van der Waals surface area contributed by atoms with Crippen LogP contribution in [0, 0.1) is 0 Å². The highest BCUT2D eigenvalue weighted by molar-refractivity contribution is 9.09. The normalized spacial score (nSPS) is 11.2. The van der Waals surface area contributed by atoms with Gasteiger partial charge in [0.05, 0.1) is 5.56 Å². The molecule has 0 bridgehead atoms. The molecule has 1 aromatic carbocycles. The van der Waals surface area contributed by atoms with Gasteiger partial charge in [-0.25, -0.2) is 0 Å². The van der Waals surface area contributed by atoms with E-state index < -0.39 is 0 Å². The van der Waals surface area contributed by atoms with E-state index in [-0.39, 0.29) is 17.2 Å². The van der Waals surface area contributed by atoms with Crippen LogP contribution in [-0.2, 0) is 0 Å². The van der Waals surface area contributed by atoms with Gasteiger partial charge in [-0.15, -0.1) is 0 Å². The smallest absolute Gasteiger partial charge is 0.255 e. The van der Waals surface area contributed by atoms with Crippen LogP contribution >= 0.6 is 15.9 Å². The predicted octanol–water partition coefficient (Wildman–Crippen LogP) is 3.08. The van der Waals surface area contributed by atoms with Crippen LogP contribution in [0.25, 0.3) is 0 Å². The molecule has 1 amide bonds. The first-order valence-electron chi connectivity index (χ1n) is 5.75. The van der Waals surface area contributed by atoms with Gasteiger partial charge in [-0.1, -0.05) is 41.9 Å². The van der Waals surface area contributed by atoms with Crippen LogP contribution in [-0.4, -0.2) is 21.9 Å². The molecule has 0 aromatic heterocycles. The summed E-state index contributed by atoms with van der Waals surface area (Å²) in [6.07, 6.45) is 1.68. The molecule has 0 unspecified atom stereocenters. The Balaban J connectivity index is 2.89. The van der Waals surface area contributed by atoms with Gasteiger partial charge in [0.15, 0.2) is 0 Å². The Morgan fingerprint density at radius 1 is 1.35 bits per heavy atom. The second-order valence-corrected chi connectivity index (χ2v) is 4.65. The summed E-state index contributed by atoms with van der Waals surface area (Å²) >= 11 is 3.44. The summed E-state index contributed by atoms with van der Waals surface area (Å²) < 4.78 is 0. The van der Waals surface area contributed by atoms with E-state index in [1.54, 1.807) is 18.2 Å². The Bertz CT molecular complexity index is 380. The lowest BCUT2D eigenvalue weighted by Gasteiger charge is -2.31. The van der Waals surface area contributed by atoms with Gasteiger partial charge >= 0.3 is 0 Å². The van der Waals surface area contributed by atoms with Crippen molar-refractivity contribution in [2.24, 2.45) is 0 Å². The van der Waals surface area contributed by atoms with E-state index in [0.717, 1.165) is 12.8 Å². The van der Waals surface area contributed by atoms with Gasteiger partial charge in [-0.05, 0) is 25.0 Å². The zero-order valence-electron chi connectivity index (χ0n) is 10.2. The van der Waals surface area contributed by atoms with Gasteiger partial charge in [0.2, 0.25) is 0 Å². The largest absolute Gasteiger partial charge is 0.507 e. The number of carbonyl (C=O) groups is 1. The van der Waals surface area contributed by atoms with Crippen LogP contribution in [0.5, 0.6) is 5.75 Å². The van der Waals surface area contributed by atoms with Gasteiger partial charge in [-0.2, -0.15) is 0 Å². The Morgan fingerprint density at radius 2 is 1.94 bits per heavy atom. The highest BCUT2D eigenvalue weighted by Gasteiger charge is 2.27. The van der Waals surface area contributed by atoms with Crippen molar-refractivity contribution in [1.82, 2.24) is 5.32 Å². The minimum absolute atomic E-state index is 0.0145. The molecule has 0 heterocycles. The number of phenolic OH excluding ortho intramolecular Hbond substituents is 1. The summed E-state index contributed by atoms with van der Waals surface area (Å²) in [6, 6.07) is 6.57. The highest BCUT2D eigenvalue weighted by Crippen LogP contribution is 2.21. The van der Waals surface area contributed by atoms with E-state index in [9.17, 15) is 9.90 Å². The third kappa shape index (κ3) is 3.22. The average molecular weight is 300 g/mol. The molecule has 1 aromatic rings. The molecule has 4 heteroatoms. The lowest BCUT2D eigenvalue weighted by molar-refractivity contribution is 0.0901. The number of rotatable bonds is 5. The highest BCUT2D eigenvalue weighted by atomic mass is 79.9. The van der Waals surface area contributed by atoms with Crippen LogP contribution in [0.4, 0.5) is 0 Å². The number of phenols is 1. The zero-order chi connectivity index (χ0) is 12.9. The standard InChI is InChI=1S/C13H18BrNO2/c1-3-13(4-2,9-14)15-12(17)10-7-5-6-8-11(10)16/h5-8,16H,3-4,9H2,1-2H3,(H,15,17). The van der Waals surface area contributed by atoms with Gasteiger partial charge < -0.3 is 10.4 Å². The zero-order valence-corrected chi connectivity index (χ0v) is 11.8. The van der Waals surface area contributed by atoms with E-state index in [1.165, 1.54) is 6.07 Å². The number of alkyl halides is 1. The molecule has 1 rings (SSSR count). The Labute approximate surface area is 110 Å². The summed E-state index contributed by atoms with van der Waals surface area (Å²) in [5, 5.41) is 13.3. The topological polar surface area (TPSA) is 49.3 Å². The van der Waals surface area contributed by atoms with E-state index in [0.29, 0.717) is 10.9 Å². The second kappa shape index (κ2) is 6.05. The third-order valence-corrected chi connectivity index (χ3v) is 4.21. The van der Waals surface area contributed by atoms with Crippen molar-refractivity contribution in [2.45, 2.75) is 32.2 Å².